The summed E-state index contributed by atoms with van der Waals surface area (Å²) in [5.41, 5.74) is 3.36. The van der Waals surface area contributed by atoms with E-state index in [9.17, 15) is 8.42 Å². The number of benzene rings is 1. The second-order valence-electron chi connectivity index (χ2n) is 4.87. The standard InChI is InChI=1S/C14H23NO2S/c1-5-6-9-18(16,17)15-13(4)14-8-7-11(2)10-12(14)3/h7-8,10,13,15H,5-6,9H2,1-4H3/t13-/m0/s1. The first kappa shape index (κ1) is 15.2. The molecule has 0 unspecified atom stereocenters. The molecule has 0 aliphatic carbocycles. The van der Waals surface area contributed by atoms with Crippen LogP contribution in [0, 0.1) is 13.8 Å². The van der Waals surface area contributed by atoms with Gasteiger partial charge in [-0.05, 0) is 38.3 Å². The van der Waals surface area contributed by atoms with Gasteiger partial charge in [0.1, 0.15) is 0 Å². The van der Waals surface area contributed by atoms with Crippen molar-refractivity contribution in [2.75, 3.05) is 5.75 Å². The normalized spacial score (nSPS) is 13.6. The van der Waals surface area contributed by atoms with Crippen LogP contribution >= 0.6 is 0 Å². The van der Waals surface area contributed by atoms with Gasteiger partial charge in [-0.15, -0.1) is 0 Å². The van der Waals surface area contributed by atoms with Gasteiger partial charge in [-0.3, -0.25) is 0 Å². The number of aryl methyl sites for hydroxylation is 2. The van der Waals surface area contributed by atoms with Crippen molar-refractivity contribution in [2.24, 2.45) is 0 Å². The Labute approximate surface area is 111 Å². The van der Waals surface area contributed by atoms with Crippen LogP contribution in [0.3, 0.4) is 0 Å². The maximum absolute atomic E-state index is 11.8. The summed E-state index contributed by atoms with van der Waals surface area (Å²) in [5.74, 6) is 0.207. The predicted molar refractivity (Wildman–Crippen MR) is 76.2 cm³/mol. The second kappa shape index (κ2) is 6.34. The summed E-state index contributed by atoms with van der Waals surface area (Å²) in [6.07, 6.45) is 1.59. The Morgan fingerprint density at radius 1 is 1.28 bits per heavy atom. The van der Waals surface area contributed by atoms with E-state index in [2.05, 4.69) is 10.8 Å². The fourth-order valence-corrected chi connectivity index (χ4v) is 3.49. The summed E-state index contributed by atoms with van der Waals surface area (Å²) in [7, 11) is -3.17. The molecule has 1 rings (SSSR count). The number of hydrogen-bond donors (Lipinski definition) is 1. The van der Waals surface area contributed by atoms with Gasteiger partial charge in [0.15, 0.2) is 0 Å². The zero-order chi connectivity index (χ0) is 13.8. The van der Waals surface area contributed by atoms with Crippen molar-refractivity contribution in [3.63, 3.8) is 0 Å². The van der Waals surface area contributed by atoms with E-state index in [0.29, 0.717) is 6.42 Å². The maximum atomic E-state index is 11.8. The highest BCUT2D eigenvalue weighted by Crippen LogP contribution is 2.19. The van der Waals surface area contributed by atoms with Crippen LogP contribution in [0.5, 0.6) is 0 Å². The van der Waals surface area contributed by atoms with E-state index in [0.717, 1.165) is 17.5 Å². The van der Waals surface area contributed by atoms with E-state index in [4.69, 9.17) is 0 Å². The monoisotopic (exact) mass is 269 g/mol. The molecule has 3 nitrogen and oxygen atoms in total. The summed E-state index contributed by atoms with van der Waals surface area (Å²) in [6.45, 7) is 7.93. The third kappa shape index (κ3) is 4.42. The molecule has 0 fully saturated rings. The number of hydrogen-bond acceptors (Lipinski definition) is 2. The molecule has 1 aromatic carbocycles. The van der Waals surface area contributed by atoms with Crippen molar-refractivity contribution in [1.29, 1.82) is 0 Å². The number of sulfonamides is 1. The first-order chi connectivity index (χ1) is 8.35. The van der Waals surface area contributed by atoms with Gasteiger partial charge in [-0.1, -0.05) is 37.1 Å². The van der Waals surface area contributed by atoms with Crippen LogP contribution < -0.4 is 4.72 Å². The average molecular weight is 269 g/mol. The van der Waals surface area contributed by atoms with Crippen molar-refractivity contribution in [2.45, 2.75) is 46.6 Å². The summed E-state index contributed by atoms with van der Waals surface area (Å²) in [4.78, 5) is 0. The molecule has 0 aromatic heterocycles. The molecule has 0 bridgehead atoms. The molecule has 18 heavy (non-hydrogen) atoms. The largest absolute Gasteiger partial charge is 0.212 e. The number of nitrogens with one attached hydrogen (secondary N) is 1. The van der Waals surface area contributed by atoms with Crippen molar-refractivity contribution < 1.29 is 8.42 Å². The van der Waals surface area contributed by atoms with Gasteiger partial charge in [0.25, 0.3) is 0 Å². The van der Waals surface area contributed by atoms with Gasteiger partial charge in [-0.2, -0.15) is 0 Å². The van der Waals surface area contributed by atoms with Crippen molar-refractivity contribution in [3.05, 3.63) is 34.9 Å². The number of rotatable bonds is 6. The van der Waals surface area contributed by atoms with Crippen LogP contribution in [-0.2, 0) is 10.0 Å². The Morgan fingerprint density at radius 2 is 1.94 bits per heavy atom. The smallest absolute Gasteiger partial charge is 0.212 e. The zero-order valence-corrected chi connectivity index (χ0v) is 12.5. The lowest BCUT2D eigenvalue weighted by atomic mass is 10.0. The number of unbranched alkanes of at least 4 members (excludes halogenated alkanes) is 1. The third-order valence-electron chi connectivity index (χ3n) is 3.01. The Morgan fingerprint density at radius 3 is 2.50 bits per heavy atom. The minimum absolute atomic E-state index is 0.174. The molecule has 0 spiro atoms. The summed E-state index contributed by atoms with van der Waals surface area (Å²) in [5, 5.41) is 0. The molecule has 1 atom stereocenters. The highest BCUT2D eigenvalue weighted by atomic mass is 32.2. The average Bonchev–Trinajstić information content (AvgIpc) is 2.25. The van der Waals surface area contributed by atoms with Gasteiger partial charge in [0.05, 0.1) is 5.75 Å². The van der Waals surface area contributed by atoms with Gasteiger partial charge < -0.3 is 0 Å². The topological polar surface area (TPSA) is 46.2 Å². The first-order valence-electron chi connectivity index (χ1n) is 6.43. The lowest BCUT2D eigenvalue weighted by Gasteiger charge is -2.17. The van der Waals surface area contributed by atoms with Crippen molar-refractivity contribution in [3.8, 4) is 0 Å². The Bertz CT molecular complexity index is 495. The van der Waals surface area contributed by atoms with Crippen LogP contribution in [-0.4, -0.2) is 14.2 Å². The zero-order valence-electron chi connectivity index (χ0n) is 11.7. The van der Waals surface area contributed by atoms with Crippen molar-refractivity contribution in [1.82, 2.24) is 4.72 Å². The minimum Gasteiger partial charge on any atom is -0.212 e. The molecule has 0 saturated carbocycles. The molecule has 1 N–H and O–H groups in total. The van der Waals surface area contributed by atoms with E-state index in [1.807, 2.05) is 39.8 Å². The fourth-order valence-electron chi connectivity index (χ4n) is 2.04. The van der Waals surface area contributed by atoms with Crippen molar-refractivity contribution >= 4 is 10.0 Å². The first-order valence-corrected chi connectivity index (χ1v) is 8.08. The Hall–Kier alpha value is -0.870. The molecule has 0 amide bonds. The molecule has 1 aromatic rings. The van der Waals surface area contributed by atoms with E-state index in [1.165, 1.54) is 5.56 Å². The molecule has 102 valence electrons. The summed E-state index contributed by atoms with van der Waals surface area (Å²) < 4.78 is 26.4. The molecule has 0 heterocycles. The predicted octanol–water partition coefficient (Wildman–Crippen LogP) is 3.08. The van der Waals surface area contributed by atoms with Gasteiger partial charge in [-0.25, -0.2) is 13.1 Å². The van der Waals surface area contributed by atoms with Gasteiger partial charge in [0, 0.05) is 6.04 Å². The van der Waals surface area contributed by atoms with E-state index in [-0.39, 0.29) is 11.8 Å². The highest BCUT2D eigenvalue weighted by molar-refractivity contribution is 7.89. The molecule has 0 saturated heterocycles. The van der Waals surface area contributed by atoms with Crippen LogP contribution in [0.4, 0.5) is 0 Å². The molecule has 4 heteroatoms. The molecule has 0 aliphatic heterocycles. The molecule has 0 radical (unpaired) electrons. The van der Waals surface area contributed by atoms with Crippen LogP contribution in [0.25, 0.3) is 0 Å². The summed E-state index contributed by atoms with van der Waals surface area (Å²) >= 11 is 0. The minimum atomic E-state index is -3.17. The third-order valence-corrected chi connectivity index (χ3v) is 4.55. The highest BCUT2D eigenvalue weighted by Gasteiger charge is 2.16. The van der Waals surface area contributed by atoms with Crippen LogP contribution in [0.15, 0.2) is 18.2 Å². The van der Waals surface area contributed by atoms with E-state index in [1.54, 1.807) is 0 Å². The molecule has 0 aliphatic rings. The van der Waals surface area contributed by atoms with Gasteiger partial charge in [0.2, 0.25) is 10.0 Å². The second-order valence-corrected chi connectivity index (χ2v) is 6.75. The Kier molecular flexibility index (Phi) is 5.35. The van der Waals surface area contributed by atoms with Crippen LogP contribution in [0.1, 0.15) is 49.4 Å². The molecular formula is C14H23NO2S. The fraction of sp³-hybridized carbons (Fsp3) is 0.571. The lowest BCUT2D eigenvalue weighted by molar-refractivity contribution is 0.563. The van der Waals surface area contributed by atoms with E-state index >= 15 is 0 Å². The SMILES string of the molecule is CCCCS(=O)(=O)N[C@@H](C)c1ccc(C)cc1C. The van der Waals surface area contributed by atoms with Crippen LogP contribution in [0.2, 0.25) is 0 Å². The Balaban J connectivity index is 2.79. The summed E-state index contributed by atoms with van der Waals surface area (Å²) in [6, 6.07) is 5.91. The maximum Gasteiger partial charge on any atom is 0.212 e. The van der Waals surface area contributed by atoms with Gasteiger partial charge >= 0.3 is 0 Å². The lowest BCUT2D eigenvalue weighted by Crippen LogP contribution is -2.29. The molecular weight excluding hydrogens is 246 g/mol. The quantitative estimate of drug-likeness (QED) is 0.862. The van der Waals surface area contributed by atoms with E-state index < -0.39 is 10.0 Å².